The molecule has 0 aliphatic rings. The molecule has 0 saturated heterocycles. The van der Waals surface area contributed by atoms with E-state index >= 15 is 0 Å². The molecule has 0 aliphatic heterocycles. The van der Waals surface area contributed by atoms with E-state index in [9.17, 15) is 10.1 Å². The molecular formula is C13H19BrN2O2. The van der Waals surface area contributed by atoms with Crippen molar-refractivity contribution in [3.63, 3.8) is 0 Å². The molecule has 4 nitrogen and oxygen atoms in total. The fraction of sp³-hybridized carbons (Fsp3) is 0.538. The third-order valence-corrected chi connectivity index (χ3v) is 4.16. The van der Waals surface area contributed by atoms with Gasteiger partial charge < -0.3 is 4.90 Å². The van der Waals surface area contributed by atoms with E-state index in [1.54, 1.807) is 12.1 Å². The number of benzene rings is 1. The van der Waals surface area contributed by atoms with Crippen LogP contribution >= 0.6 is 15.9 Å². The lowest BCUT2D eigenvalue weighted by atomic mass is 9.98. The summed E-state index contributed by atoms with van der Waals surface area (Å²) in [5.74, 6) is 0. The van der Waals surface area contributed by atoms with Gasteiger partial charge in [-0.2, -0.15) is 0 Å². The molecular weight excluding hydrogens is 296 g/mol. The Kier molecular flexibility index (Phi) is 4.73. The van der Waals surface area contributed by atoms with Crippen molar-refractivity contribution >= 4 is 27.3 Å². The molecule has 0 radical (unpaired) electrons. The topological polar surface area (TPSA) is 46.4 Å². The van der Waals surface area contributed by atoms with Crippen molar-refractivity contribution in [2.75, 3.05) is 11.9 Å². The van der Waals surface area contributed by atoms with E-state index in [4.69, 9.17) is 0 Å². The van der Waals surface area contributed by atoms with Gasteiger partial charge >= 0.3 is 0 Å². The second-order valence-electron chi connectivity index (χ2n) is 4.93. The van der Waals surface area contributed by atoms with Crippen LogP contribution in [0.5, 0.6) is 0 Å². The van der Waals surface area contributed by atoms with Crippen molar-refractivity contribution in [3.8, 4) is 0 Å². The first-order valence-corrected chi connectivity index (χ1v) is 7.02. The van der Waals surface area contributed by atoms with Gasteiger partial charge in [0.15, 0.2) is 0 Å². The number of nitro groups is 1. The minimum atomic E-state index is -0.360. The van der Waals surface area contributed by atoms with Crippen LogP contribution in [0.25, 0.3) is 0 Å². The van der Waals surface area contributed by atoms with Gasteiger partial charge in [0, 0.05) is 35.7 Å². The van der Waals surface area contributed by atoms with Gasteiger partial charge in [0.2, 0.25) is 0 Å². The van der Waals surface area contributed by atoms with Gasteiger partial charge in [-0.15, -0.1) is 0 Å². The van der Waals surface area contributed by atoms with Crippen molar-refractivity contribution in [1.82, 2.24) is 0 Å². The molecule has 0 aromatic heterocycles. The summed E-state index contributed by atoms with van der Waals surface area (Å²) in [5.41, 5.74) is 2.13. The summed E-state index contributed by atoms with van der Waals surface area (Å²) in [4.78, 5) is 12.6. The lowest BCUT2D eigenvalue weighted by Crippen LogP contribution is -2.41. The van der Waals surface area contributed by atoms with Gasteiger partial charge in [0.05, 0.1) is 4.92 Å². The van der Waals surface area contributed by atoms with E-state index in [-0.39, 0.29) is 16.1 Å². The smallest absolute Gasteiger partial charge is 0.269 e. The summed E-state index contributed by atoms with van der Waals surface area (Å²) in [7, 11) is 2.02. The van der Waals surface area contributed by atoms with Crippen LogP contribution in [-0.2, 0) is 5.33 Å². The van der Waals surface area contributed by atoms with E-state index in [1.165, 1.54) is 0 Å². The zero-order valence-corrected chi connectivity index (χ0v) is 12.8. The Morgan fingerprint density at radius 1 is 1.44 bits per heavy atom. The predicted octanol–water partition coefficient (Wildman–Crippen LogP) is 4.11. The highest BCUT2D eigenvalue weighted by Crippen LogP contribution is 2.31. The number of non-ortho nitro benzene ring substituents is 1. The van der Waals surface area contributed by atoms with E-state index < -0.39 is 0 Å². The van der Waals surface area contributed by atoms with Crippen LogP contribution in [0.1, 0.15) is 32.8 Å². The number of anilines is 1. The molecule has 0 saturated carbocycles. The average molecular weight is 315 g/mol. The molecule has 0 bridgehead atoms. The van der Waals surface area contributed by atoms with Gasteiger partial charge in [-0.1, -0.05) is 22.9 Å². The van der Waals surface area contributed by atoms with Crippen LogP contribution in [-0.4, -0.2) is 17.5 Å². The predicted molar refractivity (Wildman–Crippen MR) is 78.5 cm³/mol. The summed E-state index contributed by atoms with van der Waals surface area (Å²) in [5, 5.41) is 11.4. The van der Waals surface area contributed by atoms with Crippen LogP contribution < -0.4 is 4.90 Å². The standard InChI is InChI=1S/C13H19BrN2O2/c1-5-13(2,3)15(4)12-7-6-11(16(17)18)8-10(12)9-14/h6-8H,5,9H2,1-4H3. The SMILES string of the molecule is CCC(C)(C)N(C)c1ccc([N+](=O)[O-])cc1CBr. The molecule has 1 aromatic carbocycles. The first-order valence-electron chi connectivity index (χ1n) is 5.90. The van der Waals surface area contributed by atoms with Crippen LogP contribution in [0.3, 0.4) is 0 Å². The number of rotatable bonds is 5. The number of nitrogens with zero attached hydrogens (tertiary/aromatic N) is 2. The second-order valence-corrected chi connectivity index (χ2v) is 5.49. The summed E-state index contributed by atoms with van der Waals surface area (Å²) < 4.78 is 0. The summed E-state index contributed by atoms with van der Waals surface area (Å²) >= 11 is 3.40. The largest absolute Gasteiger partial charge is 0.369 e. The Balaban J connectivity index is 3.21. The molecule has 0 atom stereocenters. The van der Waals surface area contributed by atoms with Crippen molar-refractivity contribution in [3.05, 3.63) is 33.9 Å². The molecule has 0 unspecified atom stereocenters. The van der Waals surface area contributed by atoms with Crippen LogP contribution in [0.2, 0.25) is 0 Å². The first kappa shape index (κ1) is 15.0. The molecule has 5 heteroatoms. The first-order chi connectivity index (χ1) is 8.33. The zero-order chi connectivity index (χ0) is 13.9. The van der Waals surface area contributed by atoms with Gasteiger partial charge in [0.25, 0.3) is 5.69 Å². The summed E-state index contributed by atoms with van der Waals surface area (Å²) in [6, 6.07) is 5.02. The fourth-order valence-electron chi connectivity index (χ4n) is 1.68. The Bertz CT molecular complexity index is 447. The minimum absolute atomic E-state index is 0.0209. The number of hydrogen-bond acceptors (Lipinski definition) is 3. The van der Waals surface area contributed by atoms with Crippen LogP contribution in [0.4, 0.5) is 11.4 Å². The van der Waals surface area contributed by atoms with Crippen molar-refractivity contribution in [2.45, 2.75) is 38.1 Å². The number of hydrogen-bond donors (Lipinski definition) is 0. The Morgan fingerprint density at radius 3 is 2.50 bits per heavy atom. The molecule has 0 N–H and O–H groups in total. The monoisotopic (exact) mass is 314 g/mol. The fourth-order valence-corrected chi connectivity index (χ4v) is 2.13. The average Bonchev–Trinajstić information content (AvgIpc) is 2.36. The normalized spacial score (nSPS) is 11.4. The Labute approximate surface area is 116 Å². The van der Waals surface area contributed by atoms with Gasteiger partial charge in [-0.25, -0.2) is 0 Å². The van der Waals surface area contributed by atoms with Crippen molar-refractivity contribution in [1.29, 1.82) is 0 Å². The molecule has 1 rings (SSSR count). The third-order valence-electron chi connectivity index (χ3n) is 3.55. The third kappa shape index (κ3) is 3.02. The maximum Gasteiger partial charge on any atom is 0.269 e. The number of nitro benzene ring substituents is 1. The molecule has 100 valence electrons. The van der Waals surface area contributed by atoms with E-state index in [0.29, 0.717) is 5.33 Å². The lowest BCUT2D eigenvalue weighted by Gasteiger charge is -2.37. The van der Waals surface area contributed by atoms with Crippen LogP contribution in [0, 0.1) is 10.1 Å². The maximum absolute atomic E-state index is 10.8. The molecule has 0 aliphatic carbocycles. The lowest BCUT2D eigenvalue weighted by molar-refractivity contribution is -0.384. The molecule has 0 spiro atoms. The highest BCUT2D eigenvalue weighted by Gasteiger charge is 2.24. The molecule has 0 heterocycles. The van der Waals surface area contributed by atoms with E-state index in [2.05, 4.69) is 41.6 Å². The number of alkyl halides is 1. The van der Waals surface area contributed by atoms with E-state index in [0.717, 1.165) is 17.7 Å². The van der Waals surface area contributed by atoms with Gasteiger partial charge in [-0.05, 0) is 31.9 Å². The molecule has 0 fully saturated rings. The van der Waals surface area contributed by atoms with Crippen molar-refractivity contribution in [2.24, 2.45) is 0 Å². The van der Waals surface area contributed by atoms with Crippen LogP contribution in [0.15, 0.2) is 18.2 Å². The zero-order valence-electron chi connectivity index (χ0n) is 11.2. The minimum Gasteiger partial charge on any atom is -0.369 e. The van der Waals surface area contributed by atoms with Gasteiger partial charge in [-0.3, -0.25) is 10.1 Å². The quantitative estimate of drug-likeness (QED) is 0.466. The van der Waals surface area contributed by atoms with Gasteiger partial charge in [0.1, 0.15) is 0 Å². The highest BCUT2D eigenvalue weighted by molar-refractivity contribution is 9.08. The highest BCUT2D eigenvalue weighted by atomic mass is 79.9. The summed E-state index contributed by atoms with van der Waals surface area (Å²) in [6.45, 7) is 6.45. The van der Waals surface area contributed by atoms with E-state index in [1.807, 2.05) is 13.1 Å². The molecule has 18 heavy (non-hydrogen) atoms. The molecule has 0 amide bonds. The number of halogens is 1. The Morgan fingerprint density at radius 2 is 2.06 bits per heavy atom. The second kappa shape index (κ2) is 5.69. The Hall–Kier alpha value is -1.10. The summed E-state index contributed by atoms with van der Waals surface area (Å²) in [6.07, 6.45) is 1.00. The van der Waals surface area contributed by atoms with Crippen molar-refractivity contribution < 1.29 is 4.92 Å². The maximum atomic E-state index is 10.8. The molecule has 1 aromatic rings.